The second kappa shape index (κ2) is 8.80. The molecular weight excluding hydrogens is 250 g/mol. The molecule has 0 aliphatic carbocycles. The first-order valence-corrected chi connectivity index (χ1v) is 8.00. The average molecular weight is 277 g/mol. The molecule has 0 atom stereocenters. The van der Waals surface area contributed by atoms with Crippen molar-refractivity contribution < 1.29 is 4.79 Å². The summed E-state index contributed by atoms with van der Waals surface area (Å²) >= 11 is 0. The van der Waals surface area contributed by atoms with Crippen LogP contribution in [0.3, 0.4) is 0 Å². The predicted octanol–water partition coefficient (Wildman–Crippen LogP) is 2.79. The Kier molecular flexibility index (Phi) is 6.64. The Hall–Kier alpha value is -1.29. The van der Waals surface area contributed by atoms with Crippen LogP contribution in [0.2, 0.25) is 0 Å². The van der Waals surface area contributed by atoms with Gasteiger partial charge in [0.25, 0.3) is 5.91 Å². The number of rotatable bonds is 7. The number of likely N-dealkylation sites (tertiary alicyclic amines) is 1. The zero-order valence-electron chi connectivity index (χ0n) is 12.4. The first-order chi connectivity index (χ1) is 9.86. The molecule has 20 heavy (non-hydrogen) atoms. The monoisotopic (exact) mass is 277 g/mol. The maximum atomic E-state index is 11.7. The summed E-state index contributed by atoms with van der Waals surface area (Å²) in [5.74, 6) is 0.00233. The number of hydrogen-bond donors (Lipinski definition) is 2. The van der Waals surface area contributed by atoms with Gasteiger partial charge in [-0.05, 0) is 57.5 Å². The van der Waals surface area contributed by atoms with Crippen LogP contribution < -0.4 is 5.32 Å². The molecule has 1 aliphatic heterocycles. The highest BCUT2D eigenvalue weighted by Gasteiger charge is 2.08. The molecule has 1 fully saturated rings. The van der Waals surface area contributed by atoms with E-state index < -0.39 is 0 Å². The number of carbonyl (C=O) groups is 1. The Morgan fingerprint density at radius 1 is 1.15 bits per heavy atom. The third-order valence-electron chi connectivity index (χ3n) is 3.98. The van der Waals surface area contributed by atoms with Gasteiger partial charge in [0.05, 0.1) is 0 Å². The van der Waals surface area contributed by atoms with Crippen molar-refractivity contribution >= 4 is 5.91 Å². The van der Waals surface area contributed by atoms with E-state index in [1.807, 2.05) is 6.07 Å². The number of nitrogens with one attached hydrogen (secondary N) is 2. The third-order valence-corrected chi connectivity index (χ3v) is 3.98. The lowest BCUT2D eigenvalue weighted by molar-refractivity contribution is 0.0948. The Balaban J connectivity index is 1.48. The standard InChI is InChI=1S/C16H27N3O/c20-16(15-9-8-11-17-15)18-10-4-3-7-14-19-12-5-1-2-6-13-19/h8-9,11,17H,1-7,10,12-14H2,(H,18,20). The molecule has 4 nitrogen and oxygen atoms in total. The quantitative estimate of drug-likeness (QED) is 0.753. The van der Waals surface area contributed by atoms with Crippen molar-refractivity contribution in [1.29, 1.82) is 0 Å². The molecule has 0 aromatic carbocycles. The van der Waals surface area contributed by atoms with Gasteiger partial charge < -0.3 is 15.2 Å². The van der Waals surface area contributed by atoms with E-state index in [2.05, 4.69) is 15.2 Å². The molecule has 2 heterocycles. The topological polar surface area (TPSA) is 48.1 Å². The minimum Gasteiger partial charge on any atom is -0.357 e. The molecule has 2 N–H and O–H groups in total. The van der Waals surface area contributed by atoms with Gasteiger partial charge in [-0.2, -0.15) is 0 Å². The molecule has 1 aromatic heterocycles. The zero-order chi connectivity index (χ0) is 14.0. The van der Waals surface area contributed by atoms with Gasteiger partial charge in [-0.25, -0.2) is 0 Å². The van der Waals surface area contributed by atoms with Crippen molar-refractivity contribution in [3.63, 3.8) is 0 Å². The van der Waals surface area contributed by atoms with E-state index in [0.29, 0.717) is 5.69 Å². The molecule has 2 rings (SSSR count). The Bertz CT molecular complexity index is 367. The van der Waals surface area contributed by atoms with E-state index in [1.165, 1.54) is 58.2 Å². The lowest BCUT2D eigenvalue weighted by atomic mass is 10.2. The molecule has 0 spiro atoms. The molecule has 112 valence electrons. The summed E-state index contributed by atoms with van der Waals surface area (Å²) in [5.41, 5.74) is 0.648. The summed E-state index contributed by atoms with van der Waals surface area (Å²) in [4.78, 5) is 17.2. The van der Waals surface area contributed by atoms with Crippen LogP contribution in [0.4, 0.5) is 0 Å². The van der Waals surface area contributed by atoms with Crippen molar-refractivity contribution in [3.8, 4) is 0 Å². The van der Waals surface area contributed by atoms with Gasteiger partial charge in [0, 0.05) is 12.7 Å². The Morgan fingerprint density at radius 2 is 1.95 bits per heavy atom. The normalized spacial score (nSPS) is 16.8. The van der Waals surface area contributed by atoms with Gasteiger partial charge in [-0.3, -0.25) is 4.79 Å². The number of unbranched alkanes of at least 4 members (excludes halogenated alkanes) is 2. The number of amides is 1. The van der Waals surface area contributed by atoms with Crippen LogP contribution >= 0.6 is 0 Å². The largest absolute Gasteiger partial charge is 0.357 e. The Labute approximate surface area is 121 Å². The van der Waals surface area contributed by atoms with E-state index >= 15 is 0 Å². The number of nitrogens with zero attached hydrogens (tertiary/aromatic N) is 1. The average Bonchev–Trinajstić information content (AvgIpc) is 2.87. The summed E-state index contributed by atoms with van der Waals surface area (Å²) in [6.07, 6.45) is 10.8. The summed E-state index contributed by atoms with van der Waals surface area (Å²) in [7, 11) is 0. The molecule has 1 aliphatic rings. The summed E-state index contributed by atoms with van der Waals surface area (Å²) in [5, 5.41) is 2.95. The Morgan fingerprint density at radius 3 is 2.65 bits per heavy atom. The molecule has 1 amide bonds. The van der Waals surface area contributed by atoms with Crippen molar-refractivity contribution in [2.24, 2.45) is 0 Å². The molecule has 0 unspecified atom stereocenters. The summed E-state index contributed by atoms with van der Waals surface area (Å²) in [6, 6.07) is 3.64. The second-order valence-corrected chi connectivity index (χ2v) is 5.66. The minimum absolute atomic E-state index is 0.00233. The fourth-order valence-corrected chi connectivity index (χ4v) is 2.77. The molecule has 0 radical (unpaired) electrons. The first kappa shape index (κ1) is 15.1. The maximum absolute atomic E-state index is 11.7. The van der Waals surface area contributed by atoms with Crippen LogP contribution in [0.25, 0.3) is 0 Å². The maximum Gasteiger partial charge on any atom is 0.267 e. The van der Waals surface area contributed by atoms with Crippen LogP contribution in [0, 0.1) is 0 Å². The van der Waals surface area contributed by atoms with Crippen LogP contribution in [0.15, 0.2) is 18.3 Å². The van der Waals surface area contributed by atoms with Crippen LogP contribution in [0.5, 0.6) is 0 Å². The van der Waals surface area contributed by atoms with Crippen LogP contribution in [-0.4, -0.2) is 42.0 Å². The molecular formula is C16H27N3O. The highest BCUT2D eigenvalue weighted by atomic mass is 16.1. The minimum atomic E-state index is 0.00233. The molecule has 0 saturated carbocycles. The molecule has 0 bridgehead atoms. The summed E-state index contributed by atoms with van der Waals surface area (Å²) < 4.78 is 0. The molecule has 1 saturated heterocycles. The van der Waals surface area contributed by atoms with Crippen molar-refractivity contribution in [2.45, 2.75) is 44.9 Å². The second-order valence-electron chi connectivity index (χ2n) is 5.66. The van der Waals surface area contributed by atoms with Crippen molar-refractivity contribution in [3.05, 3.63) is 24.0 Å². The molecule has 4 heteroatoms. The van der Waals surface area contributed by atoms with E-state index in [-0.39, 0.29) is 5.91 Å². The van der Waals surface area contributed by atoms with Crippen molar-refractivity contribution in [1.82, 2.24) is 15.2 Å². The first-order valence-electron chi connectivity index (χ1n) is 8.00. The third kappa shape index (κ3) is 5.37. The van der Waals surface area contributed by atoms with Gasteiger partial charge in [0.15, 0.2) is 0 Å². The van der Waals surface area contributed by atoms with Gasteiger partial charge >= 0.3 is 0 Å². The van der Waals surface area contributed by atoms with Crippen LogP contribution in [0.1, 0.15) is 55.4 Å². The number of carbonyl (C=O) groups excluding carboxylic acids is 1. The lowest BCUT2D eigenvalue weighted by Gasteiger charge is -2.19. The van der Waals surface area contributed by atoms with E-state index in [0.717, 1.165) is 13.0 Å². The fourth-order valence-electron chi connectivity index (χ4n) is 2.77. The highest BCUT2D eigenvalue weighted by Crippen LogP contribution is 2.10. The predicted molar refractivity (Wildman–Crippen MR) is 81.9 cm³/mol. The number of H-pyrrole nitrogens is 1. The molecule has 1 aromatic rings. The lowest BCUT2D eigenvalue weighted by Crippen LogP contribution is -2.26. The zero-order valence-corrected chi connectivity index (χ0v) is 12.4. The van der Waals surface area contributed by atoms with Crippen LogP contribution in [-0.2, 0) is 0 Å². The number of aromatic nitrogens is 1. The smallest absolute Gasteiger partial charge is 0.267 e. The van der Waals surface area contributed by atoms with E-state index in [1.54, 1.807) is 12.3 Å². The van der Waals surface area contributed by atoms with Gasteiger partial charge in [0.2, 0.25) is 0 Å². The summed E-state index contributed by atoms with van der Waals surface area (Å²) in [6.45, 7) is 4.57. The highest BCUT2D eigenvalue weighted by molar-refractivity contribution is 5.92. The SMILES string of the molecule is O=C(NCCCCCN1CCCCCC1)c1ccc[nH]1. The van der Waals surface area contributed by atoms with E-state index in [4.69, 9.17) is 0 Å². The number of aromatic amines is 1. The van der Waals surface area contributed by atoms with Crippen molar-refractivity contribution in [2.75, 3.05) is 26.2 Å². The number of hydrogen-bond acceptors (Lipinski definition) is 2. The fraction of sp³-hybridized carbons (Fsp3) is 0.688. The van der Waals surface area contributed by atoms with Gasteiger partial charge in [-0.15, -0.1) is 0 Å². The van der Waals surface area contributed by atoms with Gasteiger partial charge in [-0.1, -0.05) is 19.3 Å². The van der Waals surface area contributed by atoms with E-state index in [9.17, 15) is 4.79 Å². The van der Waals surface area contributed by atoms with Gasteiger partial charge in [0.1, 0.15) is 5.69 Å².